The Kier molecular flexibility index (Phi) is 3.79. The van der Waals surface area contributed by atoms with Crippen molar-refractivity contribution >= 4 is 0 Å². The summed E-state index contributed by atoms with van der Waals surface area (Å²) in [4.78, 5) is 2.33. The van der Waals surface area contributed by atoms with Crippen LogP contribution in [0.3, 0.4) is 0 Å². The lowest BCUT2D eigenvalue weighted by molar-refractivity contribution is -0.0283. The number of hydrogen-bond donors (Lipinski definition) is 1. The number of rotatable bonds is 3. The molecule has 0 amide bonds. The highest BCUT2D eigenvalue weighted by Crippen LogP contribution is 2.34. The average Bonchev–Trinajstić information content (AvgIpc) is 2.33. The first-order valence-corrected chi connectivity index (χ1v) is 6.35. The van der Waals surface area contributed by atoms with Crippen molar-refractivity contribution in [3.8, 4) is 0 Å². The van der Waals surface area contributed by atoms with Crippen LogP contribution in [-0.2, 0) is 5.60 Å². The van der Waals surface area contributed by atoms with Gasteiger partial charge in [0.05, 0.1) is 5.60 Å². The molecule has 1 aromatic rings. The molecule has 3 heteroatoms. The molecule has 2 nitrogen and oxygen atoms in total. The lowest BCUT2D eigenvalue weighted by Gasteiger charge is -2.38. The molecule has 1 aliphatic rings. The van der Waals surface area contributed by atoms with Crippen LogP contribution in [0.5, 0.6) is 0 Å². The highest BCUT2D eigenvalue weighted by molar-refractivity contribution is 5.25. The van der Waals surface area contributed by atoms with Crippen molar-refractivity contribution in [3.05, 3.63) is 35.6 Å². The molecule has 17 heavy (non-hydrogen) atoms. The van der Waals surface area contributed by atoms with Crippen LogP contribution in [0.4, 0.5) is 4.39 Å². The van der Waals surface area contributed by atoms with E-state index in [9.17, 15) is 9.50 Å². The number of nitrogens with zero attached hydrogens (tertiary/aromatic N) is 1. The number of benzene rings is 1. The second-order valence-electron chi connectivity index (χ2n) is 4.85. The third-order valence-electron chi connectivity index (χ3n) is 3.60. The van der Waals surface area contributed by atoms with Crippen LogP contribution in [0.15, 0.2) is 24.3 Å². The van der Waals surface area contributed by atoms with Gasteiger partial charge >= 0.3 is 0 Å². The molecule has 1 aromatic carbocycles. The molecule has 1 heterocycles. The molecule has 0 spiro atoms. The Morgan fingerprint density at radius 2 is 1.94 bits per heavy atom. The summed E-state index contributed by atoms with van der Waals surface area (Å²) in [6.45, 7) is 4.91. The van der Waals surface area contributed by atoms with Gasteiger partial charge in [0.25, 0.3) is 0 Å². The maximum absolute atomic E-state index is 13.7. The molecular weight excluding hydrogens is 217 g/mol. The minimum absolute atomic E-state index is 0.293. The van der Waals surface area contributed by atoms with Gasteiger partial charge in [0.1, 0.15) is 5.82 Å². The minimum atomic E-state index is -0.977. The van der Waals surface area contributed by atoms with Gasteiger partial charge in [0.15, 0.2) is 0 Å². The van der Waals surface area contributed by atoms with Gasteiger partial charge in [-0.1, -0.05) is 25.1 Å². The van der Waals surface area contributed by atoms with Crippen LogP contribution < -0.4 is 0 Å². The predicted molar refractivity (Wildman–Crippen MR) is 66.3 cm³/mol. The first kappa shape index (κ1) is 12.5. The predicted octanol–water partition coefficient (Wildman–Crippen LogP) is 2.52. The van der Waals surface area contributed by atoms with Crippen molar-refractivity contribution in [2.24, 2.45) is 0 Å². The van der Waals surface area contributed by atoms with Crippen molar-refractivity contribution in [2.45, 2.75) is 31.8 Å². The van der Waals surface area contributed by atoms with E-state index in [1.54, 1.807) is 18.2 Å². The van der Waals surface area contributed by atoms with Gasteiger partial charge in [-0.2, -0.15) is 0 Å². The number of hydrogen-bond acceptors (Lipinski definition) is 2. The van der Waals surface area contributed by atoms with Crippen molar-refractivity contribution in [3.63, 3.8) is 0 Å². The van der Waals surface area contributed by atoms with E-state index >= 15 is 0 Å². The molecule has 0 radical (unpaired) electrons. The Morgan fingerprint density at radius 1 is 1.29 bits per heavy atom. The van der Waals surface area contributed by atoms with Crippen LogP contribution in [0.1, 0.15) is 31.7 Å². The van der Waals surface area contributed by atoms with E-state index in [2.05, 4.69) is 11.8 Å². The third-order valence-corrected chi connectivity index (χ3v) is 3.60. The molecule has 0 bridgehead atoms. The monoisotopic (exact) mass is 237 g/mol. The standard InChI is InChI=1S/C14H20FNO/c1-2-9-16-10-7-14(17,8-11-16)12-5-3-4-6-13(12)15/h3-6,17H,2,7-11H2,1H3. The Balaban J connectivity index is 2.10. The first-order chi connectivity index (χ1) is 8.15. The van der Waals surface area contributed by atoms with Crippen LogP contribution in [0, 0.1) is 5.82 Å². The third kappa shape index (κ3) is 2.67. The molecule has 0 aromatic heterocycles. The molecule has 1 fully saturated rings. The highest BCUT2D eigenvalue weighted by atomic mass is 19.1. The second-order valence-corrected chi connectivity index (χ2v) is 4.85. The summed E-state index contributed by atoms with van der Waals surface area (Å²) in [5.41, 5.74) is -0.522. The smallest absolute Gasteiger partial charge is 0.129 e. The lowest BCUT2D eigenvalue weighted by atomic mass is 9.84. The Labute approximate surface area is 102 Å². The molecule has 1 aliphatic heterocycles. The highest BCUT2D eigenvalue weighted by Gasteiger charge is 2.35. The summed E-state index contributed by atoms with van der Waals surface area (Å²) in [6, 6.07) is 6.57. The lowest BCUT2D eigenvalue weighted by Crippen LogP contribution is -2.43. The summed E-state index contributed by atoms with van der Waals surface area (Å²) in [7, 11) is 0. The molecular formula is C14H20FNO. The summed E-state index contributed by atoms with van der Waals surface area (Å²) in [5.74, 6) is -0.293. The SMILES string of the molecule is CCCN1CCC(O)(c2ccccc2F)CC1. The zero-order valence-corrected chi connectivity index (χ0v) is 10.3. The molecule has 0 unspecified atom stereocenters. The molecule has 2 rings (SSSR count). The maximum Gasteiger partial charge on any atom is 0.129 e. The zero-order chi connectivity index (χ0) is 12.3. The first-order valence-electron chi connectivity index (χ1n) is 6.35. The second kappa shape index (κ2) is 5.15. The van der Waals surface area contributed by atoms with Gasteiger partial charge in [0, 0.05) is 18.7 Å². The van der Waals surface area contributed by atoms with Crippen LogP contribution >= 0.6 is 0 Å². The molecule has 0 atom stereocenters. The van der Waals surface area contributed by atoms with E-state index < -0.39 is 5.60 Å². The van der Waals surface area contributed by atoms with E-state index in [0.717, 1.165) is 26.1 Å². The molecule has 1 N–H and O–H groups in total. The summed E-state index contributed by atoms with van der Waals surface area (Å²) < 4.78 is 13.7. The normalized spacial score (nSPS) is 20.4. The largest absolute Gasteiger partial charge is 0.385 e. The van der Waals surface area contributed by atoms with E-state index in [0.29, 0.717) is 18.4 Å². The molecule has 94 valence electrons. The summed E-state index contributed by atoms with van der Waals surface area (Å²) >= 11 is 0. The van der Waals surface area contributed by atoms with Crippen molar-refractivity contribution in [2.75, 3.05) is 19.6 Å². The number of aliphatic hydroxyl groups is 1. The number of piperidine rings is 1. The van der Waals surface area contributed by atoms with E-state index in [1.165, 1.54) is 6.07 Å². The minimum Gasteiger partial charge on any atom is -0.385 e. The maximum atomic E-state index is 13.7. The van der Waals surface area contributed by atoms with Crippen LogP contribution in [0.2, 0.25) is 0 Å². The van der Waals surface area contributed by atoms with Gasteiger partial charge < -0.3 is 10.0 Å². The molecule has 1 saturated heterocycles. The van der Waals surface area contributed by atoms with Crippen LogP contribution in [-0.4, -0.2) is 29.6 Å². The van der Waals surface area contributed by atoms with Crippen molar-refractivity contribution < 1.29 is 9.50 Å². The van der Waals surface area contributed by atoms with Gasteiger partial charge in [-0.3, -0.25) is 0 Å². The Hall–Kier alpha value is -0.930. The van der Waals surface area contributed by atoms with E-state index in [-0.39, 0.29) is 5.82 Å². The fraction of sp³-hybridized carbons (Fsp3) is 0.571. The van der Waals surface area contributed by atoms with Gasteiger partial charge in [-0.25, -0.2) is 4.39 Å². The van der Waals surface area contributed by atoms with E-state index in [1.807, 2.05) is 0 Å². The molecule has 0 saturated carbocycles. The van der Waals surface area contributed by atoms with Gasteiger partial charge in [-0.05, 0) is 31.9 Å². The number of halogens is 1. The van der Waals surface area contributed by atoms with Crippen molar-refractivity contribution in [1.82, 2.24) is 4.90 Å². The topological polar surface area (TPSA) is 23.5 Å². The Bertz CT molecular complexity index is 372. The average molecular weight is 237 g/mol. The van der Waals surface area contributed by atoms with Crippen LogP contribution in [0.25, 0.3) is 0 Å². The molecule has 0 aliphatic carbocycles. The quantitative estimate of drug-likeness (QED) is 0.873. The zero-order valence-electron chi connectivity index (χ0n) is 10.3. The fourth-order valence-corrected chi connectivity index (χ4v) is 2.57. The van der Waals surface area contributed by atoms with Crippen molar-refractivity contribution in [1.29, 1.82) is 0 Å². The number of likely N-dealkylation sites (tertiary alicyclic amines) is 1. The van der Waals surface area contributed by atoms with Gasteiger partial charge in [0.2, 0.25) is 0 Å². The summed E-state index contributed by atoms with van der Waals surface area (Å²) in [6.07, 6.45) is 2.36. The van der Waals surface area contributed by atoms with Gasteiger partial charge in [-0.15, -0.1) is 0 Å². The Morgan fingerprint density at radius 3 is 2.53 bits per heavy atom. The van der Waals surface area contributed by atoms with E-state index in [4.69, 9.17) is 0 Å². The summed E-state index contributed by atoms with van der Waals surface area (Å²) in [5, 5.41) is 10.5. The fourth-order valence-electron chi connectivity index (χ4n) is 2.57.